The number of hydrogen-bond donors (Lipinski definition) is 0. The highest BCUT2D eigenvalue weighted by Crippen LogP contribution is 2.25. The van der Waals surface area contributed by atoms with E-state index in [4.69, 9.17) is 0 Å². The van der Waals surface area contributed by atoms with E-state index in [0.29, 0.717) is 0 Å². The second kappa shape index (κ2) is 5.16. The summed E-state index contributed by atoms with van der Waals surface area (Å²) < 4.78 is 2.48. The Morgan fingerprint density at radius 2 is 1.42 bits per heavy atom. The standard InChI is InChI=1S/C17H27NSi/c1-7-19(8-2,9-3)17-12-15-10-13(4)14(5)11-16(15)18(17)6/h10-12H,7-9H2,1-6H3. The lowest BCUT2D eigenvalue weighted by molar-refractivity contribution is 0.981. The lowest BCUT2D eigenvalue weighted by Crippen LogP contribution is -2.48. The predicted molar refractivity (Wildman–Crippen MR) is 89.2 cm³/mol. The third-order valence-corrected chi connectivity index (χ3v) is 10.9. The maximum absolute atomic E-state index is 2.48. The Hall–Kier alpha value is -1.02. The lowest BCUT2D eigenvalue weighted by Gasteiger charge is -2.28. The third-order valence-electron chi connectivity index (χ3n) is 5.23. The molecule has 0 amide bonds. The van der Waals surface area contributed by atoms with Crippen molar-refractivity contribution in [3.05, 3.63) is 29.3 Å². The van der Waals surface area contributed by atoms with Crippen LogP contribution in [0, 0.1) is 13.8 Å². The molecule has 1 aromatic carbocycles. The van der Waals surface area contributed by atoms with Gasteiger partial charge in [0.15, 0.2) is 0 Å². The van der Waals surface area contributed by atoms with Gasteiger partial charge in [-0.05, 0) is 48.6 Å². The molecule has 0 N–H and O–H groups in total. The van der Waals surface area contributed by atoms with Gasteiger partial charge in [0.1, 0.15) is 8.07 Å². The van der Waals surface area contributed by atoms with Gasteiger partial charge < -0.3 is 4.57 Å². The molecular weight excluding hydrogens is 246 g/mol. The van der Waals surface area contributed by atoms with E-state index in [1.54, 1.807) is 5.32 Å². The molecule has 0 aliphatic rings. The molecule has 1 nitrogen and oxygen atoms in total. The number of hydrogen-bond acceptors (Lipinski definition) is 0. The van der Waals surface area contributed by atoms with Crippen LogP contribution in [-0.4, -0.2) is 12.6 Å². The maximum Gasteiger partial charge on any atom is 0.107 e. The zero-order valence-corrected chi connectivity index (χ0v) is 14.3. The number of fused-ring (bicyclic) bond motifs is 1. The van der Waals surface area contributed by atoms with Crippen LogP contribution in [0.15, 0.2) is 18.2 Å². The zero-order chi connectivity index (χ0) is 14.2. The Kier molecular flexibility index (Phi) is 3.91. The van der Waals surface area contributed by atoms with E-state index in [1.165, 1.54) is 40.2 Å². The predicted octanol–water partition coefficient (Wildman–Crippen LogP) is 4.51. The molecule has 0 radical (unpaired) electrons. The summed E-state index contributed by atoms with van der Waals surface area (Å²) in [5, 5.41) is 3.06. The van der Waals surface area contributed by atoms with Gasteiger partial charge in [-0.3, -0.25) is 0 Å². The number of aromatic nitrogens is 1. The summed E-state index contributed by atoms with van der Waals surface area (Å²) in [6.07, 6.45) is 0. The monoisotopic (exact) mass is 273 g/mol. The van der Waals surface area contributed by atoms with E-state index >= 15 is 0 Å². The Bertz CT molecular complexity index is 583. The Labute approximate surface area is 118 Å². The quantitative estimate of drug-likeness (QED) is 0.722. The molecule has 0 aliphatic heterocycles. The second-order valence-electron chi connectivity index (χ2n) is 5.92. The summed E-state index contributed by atoms with van der Waals surface area (Å²) >= 11 is 0. The number of rotatable bonds is 4. The van der Waals surface area contributed by atoms with E-state index in [0.717, 1.165) is 0 Å². The lowest BCUT2D eigenvalue weighted by atomic mass is 10.1. The number of nitrogens with zero attached hydrogens (tertiary/aromatic N) is 1. The van der Waals surface area contributed by atoms with Crippen LogP contribution < -0.4 is 5.32 Å². The van der Waals surface area contributed by atoms with E-state index in [9.17, 15) is 0 Å². The van der Waals surface area contributed by atoms with Crippen molar-refractivity contribution >= 4 is 24.3 Å². The molecule has 19 heavy (non-hydrogen) atoms. The highest BCUT2D eigenvalue weighted by atomic mass is 28.3. The Morgan fingerprint density at radius 3 is 1.95 bits per heavy atom. The first-order valence-corrected chi connectivity index (χ1v) is 10.2. The van der Waals surface area contributed by atoms with Crippen molar-refractivity contribution in [3.8, 4) is 0 Å². The van der Waals surface area contributed by atoms with E-state index in [-0.39, 0.29) is 0 Å². The fourth-order valence-electron chi connectivity index (χ4n) is 3.41. The molecule has 1 heterocycles. The summed E-state index contributed by atoms with van der Waals surface area (Å²) in [6.45, 7) is 11.6. The van der Waals surface area contributed by atoms with Gasteiger partial charge in [0.25, 0.3) is 0 Å². The van der Waals surface area contributed by atoms with Crippen molar-refractivity contribution in [1.29, 1.82) is 0 Å². The number of benzene rings is 1. The summed E-state index contributed by atoms with van der Waals surface area (Å²) in [6, 6.07) is 11.2. The van der Waals surface area contributed by atoms with E-state index < -0.39 is 8.07 Å². The van der Waals surface area contributed by atoms with Gasteiger partial charge in [0, 0.05) is 17.9 Å². The summed E-state index contributed by atoms with van der Waals surface area (Å²) in [7, 11) is 0.966. The molecule has 0 unspecified atom stereocenters. The molecule has 0 aliphatic carbocycles. The topological polar surface area (TPSA) is 4.93 Å². The van der Waals surface area contributed by atoms with Crippen LogP contribution in [0.1, 0.15) is 31.9 Å². The van der Waals surface area contributed by atoms with Crippen LogP contribution in [-0.2, 0) is 7.05 Å². The molecule has 0 atom stereocenters. The van der Waals surface area contributed by atoms with Gasteiger partial charge in [-0.1, -0.05) is 38.9 Å². The van der Waals surface area contributed by atoms with Crippen LogP contribution in [0.25, 0.3) is 10.9 Å². The van der Waals surface area contributed by atoms with Crippen LogP contribution in [0.4, 0.5) is 0 Å². The van der Waals surface area contributed by atoms with Crippen LogP contribution in [0.2, 0.25) is 18.1 Å². The minimum Gasteiger partial charge on any atom is -0.352 e. The molecule has 0 saturated heterocycles. The minimum absolute atomic E-state index is 1.29. The fraction of sp³-hybridized carbons (Fsp3) is 0.529. The average molecular weight is 273 g/mol. The highest BCUT2D eigenvalue weighted by molar-refractivity contribution is 6.91. The molecule has 2 aromatic rings. The SMILES string of the molecule is CC[Si](CC)(CC)c1cc2cc(C)c(C)cc2n1C. The minimum atomic E-state index is -1.29. The Morgan fingerprint density at radius 1 is 0.895 bits per heavy atom. The third kappa shape index (κ3) is 2.16. The largest absolute Gasteiger partial charge is 0.352 e. The van der Waals surface area contributed by atoms with Gasteiger partial charge in [-0.25, -0.2) is 0 Å². The maximum atomic E-state index is 2.48. The highest BCUT2D eigenvalue weighted by Gasteiger charge is 2.32. The fourth-order valence-corrected chi connectivity index (χ4v) is 7.29. The van der Waals surface area contributed by atoms with Crippen molar-refractivity contribution in [2.75, 3.05) is 0 Å². The molecule has 0 bridgehead atoms. The van der Waals surface area contributed by atoms with Crippen LogP contribution in [0.5, 0.6) is 0 Å². The molecule has 0 saturated carbocycles. The van der Waals surface area contributed by atoms with Crippen molar-refractivity contribution < 1.29 is 0 Å². The van der Waals surface area contributed by atoms with Gasteiger partial charge >= 0.3 is 0 Å². The van der Waals surface area contributed by atoms with Crippen molar-refractivity contribution in [1.82, 2.24) is 4.57 Å². The van der Waals surface area contributed by atoms with Crippen molar-refractivity contribution in [2.24, 2.45) is 7.05 Å². The van der Waals surface area contributed by atoms with Crippen LogP contribution >= 0.6 is 0 Å². The van der Waals surface area contributed by atoms with Gasteiger partial charge in [0.2, 0.25) is 0 Å². The first-order chi connectivity index (χ1) is 8.99. The normalized spacial score (nSPS) is 12.3. The smallest absolute Gasteiger partial charge is 0.107 e. The van der Waals surface area contributed by atoms with E-state index in [1.807, 2.05) is 0 Å². The molecule has 0 spiro atoms. The summed E-state index contributed by atoms with van der Waals surface area (Å²) in [4.78, 5) is 0. The average Bonchev–Trinajstić information content (AvgIpc) is 2.72. The molecule has 104 valence electrons. The zero-order valence-electron chi connectivity index (χ0n) is 13.3. The van der Waals surface area contributed by atoms with Crippen molar-refractivity contribution in [3.63, 3.8) is 0 Å². The number of aryl methyl sites for hydroxylation is 3. The molecule has 2 heteroatoms. The van der Waals surface area contributed by atoms with Gasteiger partial charge in [-0.15, -0.1) is 0 Å². The van der Waals surface area contributed by atoms with Gasteiger partial charge in [-0.2, -0.15) is 0 Å². The van der Waals surface area contributed by atoms with E-state index in [2.05, 4.69) is 64.4 Å². The summed E-state index contributed by atoms with van der Waals surface area (Å²) in [5.74, 6) is 0. The Balaban J connectivity index is 2.72. The molecule has 0 fully saturated rings. The first kappa shape index (κ1) is 14.4. The molecule has 2 rings (SSSR count). The molecule has 1 aromatic heterocycles. The second-order valence-corrected chi connectivity index (χ2v) is 11.1. The molecular formula is C17H27NSi. The van der Waals surface area contributed by atoms with Crippen LogP contribution in [0.3, 0.4) is 0 Å². The van der Waals surface area contributed by atoms with Gasteiger partial charge in [0.05, 0.1) is 0 Å². The first-order valence-electron chi connectivity index (χ1n) is 7.56. The van der Waals surface area contributed by atoms with Crippen molar-refractivity contribution in [2.45, 2.75) is 52.8 Å². The summed E-state index contributed by atoms with van der Waals surface area (Å²) in [5.41, 5.74) is 4.21.